The molecule has 0 aliphatic rings. The Morgan fingerprint density at radius 3 is 2.80 bits per heavy atom. The first kappa shape index (κ1) is 11.5. The van der Waals surface area contributed by atoms with Crippen LogP contribution in [0.3, 0.4) is 0 Å². The second kappa shape index (κ2) is 5.31. The van der Waals surface area contributed by atoms with Crippen LogP contribution in [0.25, 0.3) is 0 Å². The largest absolute Gasteiger partial charge is 0.460 e. The monoisotopic (exact) mass is 211 g/mol. The molecule has 0 aliphatic carbocycles. The highest BCUT2D eigenvalue weighted by molar-refractivity contribution is 5.48. The van der Waals surface area contributed by atoms with Crippen molar-refractivity contribution in [1.29, 1.82) is 0 Å². The van der Waals surface area contributed by atoms with Gasteiger partial charge in [0.1, 0.15) is 0 Å². The lowest BCUT2D eigenvalue weighted by atomic mass is 10.2. The third-order valence-corrected chi connectivity index (χ3v) is 1.81. The summed E-state index contributed by atoms with van der Waals surface area (Å²) in [5.41, 5.74) is 0.868. The maximum absolute atomic E-state index is 10.7. The van der Waals surface area contributed by atoms with E-state index in [1.807, 2.05) is 13.8 Å². The Morgan fingerprint density at radius 1 is 1.47 bits per heavy atom. The first-order valence-electron chi connectivity index (χ1n) is 4.60. The van der Waals surface area contributed by atoms with Crippen LogP contribution < -0.4 is 4.74 Å². The molecule has 0 amide bonds. The molecule has 1 aromatic carbocycles. The van der Waals surface area contributed by atoms with Gasteiger partial charge < -0.3 is 9.47 Å². The van der Waals surface area contributed by atoms with Crippen molar-refractivity contribution in [2.75, 3.05) is 13.4 Å². The van der Waals surface area contributed by atoms with Gasteiger partial charge in [-0.25, -0.2) is 0 Å². The smallest absolute Gasteiger partial charge is 0.311 e. The topological polar surface area (TPSA) is 61.6 Å². The van der Waals surface area contributed by atoms with E-state index in [4.69, 9.17) is 9.47 Å². The van der Waals surface area contributed by atoms with E-state index >= 15 is 0 Å². The minimum atomic E-state index is -0.472. The van der Waals surface area contributed by atoms with E-state index < -0.39 is 4.92 Å². The lowest BCUT2D eigenvalue weighted by Crippen LogP contribution is -2.04. The Kier molecular flexibility index (Phi) is 4.05. The highest BCUT2D eigenvalue weighted by Gasteiger charge is 2.14. The molecular formula is C10H13NO4. The van der Waals surface area contributed by atoms with Gasteiger partial charge in [-0.1, -0.05) is 6.07 Å². The molecule has 0 spiro atoms. The Morgan fingerprint density at radius 2 is 2.20 bits per heavy atom. The number of benzene rings is 1. The van der Waals surface area contributed by atoms with Gasteiger partial charge in [0.15, 0.2) is 12.5 Å². The Balaban J connectivity index is 2.82. The van der Waals surface area contributed by atoms with E-state index in [0.717, 1.165) is 5.56 Å². The summed E-state index contributed by atoms with van der Waals surface area (Å²) in [6, 6.07) is 4.72. The fraction of sp³-hybridized carbons (Fsp3) is 0.400. The van der Waals surface area contributed by atoms with Gasteiger partial charge in [0, 0.05) is 12.7 Å². The lowest BCUT2D eigenvalue weighted by Gasteiger charge is -2.06. The van der Waals surface area contributed by atoms with E-state index in [0.29, 0.717) is 6.61 Å². The van der Waals surface area contributed by atoms with E-state index in [9.17, 15) is 10.1 Å². The molecule has 0 heterocycles. The quantitative estimate of drug-likeness (QED) is 0.324. The van der Waals surface area contributed by atoms with E-state index in [1.54, 1.807) is 12.1 Å². The van der Waals surface area contributed by atoms with Gasteiger partial charge in [-0.15, -0.1) is 0 Å². The summed E-state index contributed by atoms with van der Waals surface area (Å²) in [6.07, 6.45) is 0. The zero-order valence-corrected chi connectivity index (χ0v) is 8.73. The van der Waals surface area contributed by atoms with Crippen LogP contribution in [0.5, 0.6) is 5.75 Å². The van der Waals surface area contributed by atoms with Crippen LogP contribution in [0.4, 0.5) is 5.69 Å². The average Bonchev–Trinajstić information content (AvgIpc) is 2.18. The Labute approximate surface area is 87.8 Å². The molecule has 0 atom stereocenters. The van der Waals surface area contributed by atoms with Crippen LogP contribution in [0.1, 0.15) is 12.5 Å². The standard InChI is InChI=1S/C10H13NO4/c1-3-14-7-15-10-6-8(2)4-5-9(10)11(12)13/h4-6H,3,7H2,1-2H3. The summed E-state index contributed by atoms with van der Waals surface area (Å²) in [4.78, 5) is 10.2. The van der Waals surface area contributed by atoms with Crippen molar-refractivity contribution in [2.24, 2.45) is 0 Å². The van der Waals surface area contributed by atoms with Gasteiger partial charge in [-0.2, -0.15) is 0 Å². The molecule has 5 heteroatoms. The number of ether oxygens (including phenoxy) is 2. The number of nitro benzene ring substituents is 1. The SMILES string of the molecule is CCOCOc1cc(C)ccc1[N+](=O)[O-]. The van der Waals surface area contributed by atoms with Gasteiger partial charge in [0.05, 0.1) is 4.92 Å². The first-order chi connectivity index (χ1) is 7.15. The van der Waals surface area contributed by atoms with Crippen LogP contribution in [0, 0.1) is 17.0 Å². The number of hydrogen-bond donors (Lipinski definition) is 0. The summed E-state index contributed by atoms with van der Waals surface area (Å²) < 4.78 is 10.1. The maximum Gasteiger partial charge on any atom is 0.311 e. The first-order valence-corrected chi connectivity index (χ1v) is 4.60. The molecule has 1 aromatic rings. The van der Waals surface area contributed by atoms with Crippen LogP contribution in [0.2, 0.25) is 0 Å². The zero-order valence-electron chi connectivity index (χ0n) is 8.73. The van der Waals surface area contributed by atoms with Gasteiger partial charge >= 0.3 is 5.69 Å². The number of aryl methyl sites for hydroxylation is 1. The number of nitro groups is 1. The van der Waals surface area contributed by atoms with E-state index in [-0.39, 0.29) is 18.2 Å². The second-order valence-corrected chi connectivity index (χ2v) is 2.98. The zero-order chi connectivity index (χ0) is 11.3. The second-order valence-electron chi connectivity index (χ2n) is 2.98. The molecule has 0 saturated heterocycles. The molecule has 0 bridgehead atoms. The van der Waals surface area contributed by atoms with Crippen LogP contribution >= 0.6 is 0 Å². The highest BCUT2D eigenvalue weighted by Crippen LogP contribution is 2.27. The minimum absolute atomic E-state index is 0.0286. The maximum atomic E-state index is 10.7. The van der Waals surface area contributed by atoms with Gasteiger partial charge in [-0.05, 0) is 25.5 Å². The summed E-state index contributed by atoms with van der Waals surface area (Å²) in [7, 11) is 0. The number of nitrogens with zero attached hydrogens (tertiary/aromatic N) is 1. The van der Waals surface area contributed by atoms with Crippen molar-refractivity contribution in [2.45, 2.75) is 13.8 Å². The van der Waals surface area contributed by atoms with Gasteiger partial charge in [-0.3, -0.25) is 10.1 Å². The normalized spacial score (nSPS) is 10.0. The highest BCUT2D eigenvalue weighted by atomic mass is 16.7. The molecule has 1 rings (SSSR count). The summed E-state index contributed by atoms with van der Waals surface area (Å²) in [5.74, 6) is 0.244. The Bertz CT molecular complexity index is 351. The summed E-state index contributed by atoms with van der Waals surface area (Å²) in [6.45, 7) is 4.21. The lowest BCUT2D eigenvalue weighted by molar-refractivity contribution is -0.386. The van der Waals surface area contributed by atoms with Crippen molar-refractivity contribution in [1.82, 2.24) is 0 Å². The Hall–Kier alpha value is -1.62. The van der Waals surface area contributed by atoms with Crippen molar-refractivity contribution < 1.29 is 14.4 Å². The molecular weight excluding hydrogens is 198 g/mol. The van der Waals surface area contributed by atoms with Crippen LogP contribution in [-0.4, -0.2) is 18.3 Å². The third kappa shape index (κ3) is 3.21. The van der Waals surface area contributed by atoms with E-state index in [2.05, 4.69) is 0 Å². The molecule has 0 saturated carbocycles. The van der Waals surface area contributed by atoms with Gasteiger partial charge in [0.2, 0.25) is 0 Å². The molecule has 0 aliphatic heterocycles. The summed E-state index contributed by atoms with van der Waals surface area (Å²) in [5, 5.41) is 10.7. The van der Waals surface area contributed by atoms with Crippen molar-refractivity contribution >= 4 is 5.69 Å². The molecule has 0 N–H and O–H groups in total. The predicted molar refractivity (Wildman–Crippen MR) is 55.0 cm³/mol. The number of rotatable bonds is 5. The molecule has 0 radical (unpaired) electrons. The van der Waals surface area contributed by atoms with Crippen molar-refractivity contribution in [3.8, 4) is 5.75 Å². The average molecular weight is 211 g/mol. The fourth-order valence-corrected chi connectivity index (χ4v) is 1.08. The number of hydrogen-bond acceptors (Lipinski definition) is 4. The van der Waals surface area contributed by atoms with Crippen LogP contribution in [-0.2, 0) is 4.74 Å². The van der Waals surface area contributed by atoms with Gasteiger partial charge in [0.25, 0.3) is 0 Å². The molecule has 5 nitrogen and oxygen atoms in total. The molecule has 15 heavy (non-hydrogen) atoms. The fourth-order valence-electron chi connectivity index (χ4n) is 1.08. The minimum Gasteiger partial charge on any atom is -0.460 e. The molecule has 0 aromatic heterocycles. The summed E-state index contributed by atoms with van der Waals surface area (Å²) >= 11 is 0. The van der Waals surface area contributed by atoms with E-state index in [1.165, 1.54) is 6.07 Å². The molecule has 0 fully saturated rings. The van der Waals surface area contributed by atoms with Crippen molar-refractivity contribution in [3.63, 3.8) is 0 Å². The molecule has 82 valence electrons. The predicted octanol–water partition coefficient (Wildman–Crippen LogP) is 2.28. The van der Waals surface area contributed by atoms with Crippen LogP contribution in [0.15, 0.2) is 18.2 Å². The van der Waals surface area contributed by atoms with Crippen molar-refractivity contribution in [3.05, 3.63) is 33.9 Å². The molecule has 0 unspecified atom stereocenters. The third-order valence-electron chi connectivity index (χ3n) is 1.81.